The fourth-order valence-electron chi connectivity index (χ4n) is 11.1. The Morgan fingerprint density at radius 2 is 1.60 bits per heavy atom. The van der Waals surface area contributed by atoms with Gasteiger partial charge in [0.05, 0.1) is 49.5 Å². The van der Waals surface area contributed by atoms with Gasteiger partial charge in [-0.05, 0) is 106 Å². The first kappa shape index (κ1) is 40.7. The molecule has 286 valence electrons. The van der Waals surface area contributed by atoms with Gasteiger partial charge in [0, 0.05) is 5.41 Å². The first-order chi connectivity index (χ1) is 22.8. The van der Waals surface area contributed by atoms with E-state index in [0.29, 0.717) is 19.3 Å². The normalized spacial score (nSPS) is 37.4. The Kier molecular flexibility index (Phi) is 11.5. The lowest BCUT2D eigenvalue weighted by molar-refractivity contribution is -0.193. The molecule has 0 aromatic carbocycles. The number of carbonyl (C=O) groups excluding carboxylic acids is 3. The summed E-state index contributed by atoms with van der Waals surface area (Å²) in [4.78, 5) is 37.0. The van der Waals surface area contributed by atoms with E-state index in [0.717, 1.165) is 32.1 Å². The van der Waals surface area contributed by atoms with E-state index in [1.54, 1.807) is 13.8 Å². The summed E-state index contributed by atoms with van der Waals surface area (Å²) in [5.41, 5.74) is -1.98. The SMILES string of the molecule is COC(=O)CNC(=O)CC(C)(O)CC(=O)O[C@@H]1C[C@]2(C)C3=C(CC[C@H]2C(C)(C)[C@H]1O)[C@]1(C)CC[C@H]([C@H](C)CC[C@@H](O)C(C)(C)O)[C@@]1(C)[C@@H](O)C3. The first-order valence-electron chi connectivity index (χ1n) is 18.6. The van der Waals surface area contributed by atoms with Crippen LogP contribution in [0.5, 0.6) is 0 Å². The summed E-state index contributed by atoms with van der Waals surface area (Å²) in [5.74, 6) is -1.41. The molecule has 11 heteroatoms. The summed E-state index contributed by atoms with van der Waals surface area (Å²) < 4.78 is 10.5. The average Bonchev–Trinajstić information content (AvgIpc) is 3.29. The molecule has 0 radical (unpaired) electrons. The topological polar surface area (TPSA) is 183 Å². The van der Waals surface area contributed by atoms with E-state index in [1.165, 1.54) is 25.2 Å². The van der Waals surface area contributed by atoms with Crippen molar-refractivity contribution >= 4 is 17.8 Å². The van der Waals surface area contributed by atoms with Crippen LogP contribution < -0.4 is 5.32 Å². The monoisotopic (exact) mass is 707 g/mol. The first-order valence-corrected chi connectivity index (χ1v) is 18.6. The van der Waals surface area contributed by atoms with Crippen LogP contribution in [-0.4, -0.2) is 92.7 Å². The second kappa shape index (κ2) is 14.1. The van der Waals surface area contributed by atoms with Crippen molar-refractivity contribution in [3.63, 3.8) is 0 Å². The molecule has 2 fully saturated rings. The van der Waals surface area contributed by atoms with Gasteiger partial charge in [0.25, 0.3) is 0 Å². The van der Waals surface area contributed by atoms with Crippen LogP contribution in [0.1, 0.15) is 127 Å². The van der Waals surface area contributed by atoms with E-state index in [4.69, 9.17) is 4.74 Å². The molecule has 1 unspecified atom stereocenters. The van der Waals surface area contributed by atoms with Crippen LogP contribution >= 0.6 is 0 Å². The van der Waals surface area contributed by atoms with Gasteiger partial charge in [-0.2, -0.15) is 0 Å². The number of esters is 2. The van der Waals surface area contributed by atoms with Gasteiger partial charge >= 0.3 is 11.9 Å². The molecular formula is C39H65NO10. The molecule has 4 aliphatic carbocycles. The highest BCUT2D eigenvalue weighted by atomic mass is 16.6. The fourth-order valence-corrected chi connectivity index (χ4v) is 11.1. The number of hydrogen-bond acceptors (Lipinski definition) is 10. The minimum Gasteiger partial charge on any atom is -0.468 e. The summed E-state index contributed by atoms with van der Waals surface area (Å²) in [6.07, 6.45) is 1.66. The number of amides is 1. The van der Waals surface area contributed by atoms with Crippen LogP contribution in [-0.2, 0) is 23.9 Å². The van der Waals surface area contributed by atoms with Crippen LogP contribution in [0.2, 0.25) is 0 Å². The third-order valence-corrected chi connectivity index (χ3v) is 14.2. The highest BCUT2D eigenvalue weighted by Crippen LogP contribution is 2.72. The molecule has 0 spiro atoms. The molecule has 0 aromatic heterocycles. The predicted octanol–water partition coefficient (Wildman–Crippen LogP) is 3.96. The molecule has 0 heterocycles. The maximum absolute atomic E-state index is 13.3. The van der Waals surface area contributed by atoms with Gasteiger partial charge in [-0.1, -0.05) is 52.7 Å². The lowest BCUT2D eigenvalue weighted by Gasteiger charge is -2.64. The van der Waals surface area contributed by atoms with Gasteiger partial charge in [-0.25, -0.2) is 0 Å². The van der Waals surface area contributed by atoms with Crippen LogP contribution in [0.15, 0.2) is 11.1 Å². The number of methoxy groups -OCH3 is 1. The highest BCUT2D eigenvalue weighted by molar-refractivity contribution is 5.83. The smallest absolute Gasteiger partial charge is 0.325 e. The number of nitrogens with one attached hydrogen (secondary N) is 1. The molecule has 0 aliphatic heterocycles. The van der Waals surface area contributed by atoms with Crippen molar-refractivity contribution in [3.8, 4) is 0 Å². The van der Waals surface area contributed by atoms with Crippen molar-refractivity contribution in [3.05, 3.63) is 11.1 Å². The number of aliphatic hydroxyl groups excluding tert-OH is 3. The number of rotatable bonds is 12. The van der Waals surface area contributed by atoms with Gasteiger partial charge in [-0.3, -0.25) is 14.4 Å². The van der Waals surface area contributed by atoms with E-state index < -0.39 is 77.1 Å². The molecule has 11 nitrogen and oxygen atoms in total. The molecule has 4 aliphatic rings. The lowest BCUT2D eigenvalue weighted by Crippen LogP contribution is -2.62. The van der Waals surface area contributed by atoms with Gasteiger partial charge in [0.15, 0.2) is 0 Å². The maximum atomic E-state index is 13.3. The zero-order valence-corrected chi connectivity index (χ0v) is 32.1. The Hall–Kier alpha value is -2.05. The number of ether oxygens (including phenoxy) is 2. The third-order valence-electron chi connectivity index (χ3n) is 14.2. The minimum absolute atomic E-state index is 0.0833. The van der Waals surface area contributed by atoms with Gasteiger partial charge in [0.2, 0.25) is 5.91 Å². The highest BCUT2D eigenvalue weighted by Gasteiger charge is 2.67. The zero-order chi connectivity index (χ0) is 37.8. The fraction of sp³-hybridized carbons (Fsp3) is 0.872. The standard InChI is InChI=1S/C39H65NO10/c1-22(11-14-28(41)35(4,5)47)23-15-16-38(8)24-12-13-27-34(2,3)33(46)26(18-37(27,7)25(24)17-29(42)39(23,38)9)50-31(44)20-36(6,48)19-30(43)40-21-32(45)49-10/h22-23,26-29,33,41-42,46-48H,11-21H2,1-10H3,(H,40,43)/t22-,23-,26-,27+,28-,29+,33+,36?,37-,38+,39+/m1/s1. The number of fused-ring (bicyclic) bond motifs is 4. The van der Waals surface area contributed by atoms with Gasteiger partial charge in [0.1, 0.15) is 12.6 Å². The molecule has 2 saturated carbocycles. The van der Waals surface area contributed by atoms with E-state index >= 15 is 0 Å². The van der Waals surface area contributed by atoms with Crippen molar-refractivity contribution in [2.45, 2.75) is 162 Å². The quantitative estimate of drug-likeness (QED) is 0.128. The summed E-state index contributed by atoms with van der Waals surface area (Å²) in [5, 5.41) is 58.0. The molecule has 1 amide bonds. The van der Waals surface area contributed by atoms with Crippen molar-refractivity contribution in [2.75, 3.05) is 13.7 Å². The molecule has 6 N–H and O–H groups in total. The summed E-state index contributed by atoms with van der Waals surface area (Å²) in [6.45, 7) is 17.3. The van der Waals surface area contributed by atoms with Gasteiger partial charge in [-0.15, -0.1) is 0 Å². The number of aliphatic hydroxyl groups is 5. The van der Waals surface area contributed by atoms with Crippen LogP contribution in [0.25, 0.3) is 0 Å². The number of hydrogen-bond donors (Lipinski definition) is 6. The predicted molar refractivity (Wildman–Crippen MR) is 187 cm³/mol. The lowest BCUT2D eigenvalue weighted by atomic mass is 9.42. The summed E-state index contributed by atoms with van der Waals surface area (Å²) in [7, 11) is 1.20. The van der Waals surface area contributed by atoms with Crippen molar-refractivity contribution < 1.29 is 49.4 Å². The van der Waals surface area contributed by atoms with Crippen LogP contribution in [0, 0.1) is 39.4 Å². The van der Waals surface area contributed by atoms with Crippen molar-refractivity contribution in [2.24, 2.45) is 39.4 Å². The molecule has 0 aromatic rings. The molecule has 11 atom stereocenters. The molecular weight excluding hydrogens is 642 g/mol. The van der Waals surface area contributed by atoms with Gasteiger partial charge < -0.3 is 40.3 Å². The molecule has 0 bridgehead atoms. The summed E-state index contributed by atoms with van der Waals surface area (Å²) in [6, 6.07) is 0. The summed E-state index contributed by atoms with van der Waals surface area (Å²) >= 11 is 0. The van der Waals surface area contributed by atoms with E-state index in [9.17, 15) is 39.9 Å². The Morgan fingerprint density at radius 3 is 2.20 bits per heavy atom. The second-order valence-electron chi connectivity index (χ2n) is 18.4. The van der Waals surface area contributed by atoms with Crippen molar-refractivity contribution in [1.82, 2.24) is 5.32 Å². The molecule has 0 saturated heterocycles. The largest absolute Gasteiger partial charge is 0.468 e. The number of allylic oxidation sites excluding steroid dienone is 1. The van der Waals surface area contributed by atoms with E-state index in [-0.39, 0.29) is 35.1 Å². The average molecular weight is 708 g/mol. The zero-order valence-electron chi connectivity index (χ0n) is 32.1. The van der Waals surface area contributed by atoms with E-state index in [2.05, 4.69) is 37.7 Å². The Morgan fingerprint density at radius 1 is 0.960 bits per heavy atom. The molecule has 50 heavy (non-hydrogen) atoms. The van der Waals surface area contributed by atoms with Crippen LogP contribution in [0.4, 0.5) is 0 Å². The Balaban J connectivity index is 1.56. The van der Waals surface area contributed by atoms with Crippen LogP contribution in [0.3, 0.4) is 0 Å². The Bertz CT molecular complexity index is 1330. The second-order valence-corrected chi connectivity index (χ2v) is 18.4. The van der Waals surface area contributed by atoms with Crippen molar-refractivity contribution in [1.29, 1.82) is 0 Å². The minimum atomic E-state index is -1.74. The number of carbonyl (C=O) groups is 3. The maximum Gasteiger partial charge on any atom is 0.325 e. The molecule has 4 rings (SSSR count). The Labute approximate surface area is 298 Å². The third kappa shape index (κ3) is 7.28. The van der Waals surface area contributed by atoms with E-state index in [1.807, 2.05) is 13.8 Å².